The molecule has 0 unspecified atom stereocenters. The molecule has 22 heavy (non-hydrogen) atoms. The Balaban J connectivity index is 1.95. The van der Waals surface area contributed by atoms with E-state index < -0.39 is 12.1 Å². The highest BCUT2D eigenvalue weighted by Crippen LogP contribution is 2.28. The van der Waals surface area contributed by atoms with Crippen molar-refractivity contribution in [1.29, 1.82) is 0 Å². The van der Waals surface area contributed by atoms with Crippen LogP contribution in [0.2, 0.25) is 0 Å². The van der Waals surface area contributed by atoms with E-state index in [4.69, 9.17) is 4.74 Å². The first kappa shape index (κ1) is 14.4. The average molecular weight is 295 g/mol. The van der Waals surface area contributed by atoms with Crippen LogP contribution < -0.4 is 0 Å². The largest absolute Gasteiger partial charge is 0.460 e. The Labute approximate surface area is 128 Å². The molecule has 0 fully saturated rings. The van der Waals surface area contributed by atoms with Crippen molar-refractivity contribution >= 4 is 27.8 Å². The predicted octanol–water partition coefficient (Wildman–Crippen LogP) is 2.88. The quantitative estimate of drug-likeness (QED) is 0.581. The van der Waals surface area contributed by atoms with Crippen molar-refractivity contribution in [2.45, 2.75) is 12.6 Å². The number of rotatable bonds is 5. The van der Waals surface area contributed by atoms with E-state index in [-0.39, 0.29) is 6.61 Å². The number of carbonyl (C=O) groups is 1. The van der Waals surface area contributed by atoms with E-state index in [2.05, 4.69) is 23.3 Å². The molecule has 0 saturated heterocycles. The molecule has 0 radical (unpaired) electrons. The van der Waals surface area contributed by atoms with E-state index in [1.54, 1.807) is 0 Å². The maximum atomic E-state index is 11.1. The Bertz CT molecular complexity index is 781. The topological polar surface area (TPSA) is 51.5 Å². The van der Waals surface area contributed by atoms with Crippen LogP contribution in [0.25, 0.3) is 21.8 Å². The van der Waals surface area contributed by atoms with Gasteiger partial charge in [0, 0.05) is 27.9 Å². The third-order valence-electron chi connectivity index (χ3n) is 3.66. The van der Waals surface area contributed by atoms with E-state index in [9.17, 15) is 9.90 Å². The average Bonchev–Trinajstić information content (AvgIpc) is 2.87. The third-order valence-corrected chi connectivity index (χ3v) is 3.66. The van der Waals surface area contributed by atoms with Gasteiger partial charge in [-0.05, 0) is 12.1 Å². The Morgan fingerprint density at radius 3 is 2.23 bits per heavy atom. The highest BCUT2D eigenvalue weighted by atomic mass is 16.5. The zero-order chi connectivity index (χ0) is 15.5. The lowest BCUT2D eigenvalue weighted by atomic mass is 10.2. The van der Waals surface area contributed by atoms with Gasteiger partial charge in [0.1, 0.15) is 12.7 Å². The summed E-state index contributed by atoms with van der Waals surface area (Å²) in [6, 6.07) is 16.1. The molecule has 3 aromatic rings. The minimum absolute atomic E-state index is 0.0499. The van der Waals surface area contributed by atoms with Gasteiger partial charge in [-0.2, -0.15) is 0 Å². The standard InChI is InChI=1S/C18H17NO3/c1-2-18(21)22-12-13(20)11-19-16-9-5-3-7-14(16)15-8-4-6-10-17(15)19/h2-10,13,20H,1,11-12H2/t13-/m1/s1. The fourth-order valence-corrected chi connectivity index (χ4v) is 2.70. The molecule has 0 aliphatic rings. The number of para-hydroxylation sites is 2. The van der Waals surface area contributed by atoms with Crippen LogP contribution in [0, 0.1) is 0 Å². The van der Waals surface area contributed by atoms with Crippen molar-refractivity contribution in [1.82, 2.24) is 4.57 Å². The Morgan fingerprint density at radius 2 is 1.68 bits per heavy atom. The summed E-state index contributed by atoms with van der Waals surface area (Å²) in [5.41, 5.74) is 2.11. The predicted molar refractivity (Wildman–Crippen MR) is 86.6 cm³/mol. The Kier molecular flexibility index (Phi) is 3.94. The lowest BCUT2D eigenvalue weighted by Gasteiger charge is -2.13. The number of aliphatic hydroxyl groups is 1. The first-order valence-corrected chi connectivity index (χ1v) is 7.14. The van der Waals surface area contributed by atoms with Crippen LogP contribution >= 0.6 is 0 Å². The molecule has 0 aliphatic heterocycles. The fourth-order valence-electron chi connectivity index (χ4n) is 2.70. The molecule has 1 heterocycles. The summed E-state index contributed by atoms with van der Waals surface area (Å²) in [7, 11) is 0. The lowest BCUT2D eigenvalue weighted by Crippen LogP contribution is -2.23. The van der Waals surface area contributed by atoms with Crippen molar-refractivity contribution in [2.24, 2.45) is 0 Å². The maximum absolute atomic E-state index is 11.1. The molecule has 1 atom stereocenters. The number of hydrogen-bond acceptors (Lipinski definition) is 3. The number of carbonyl (C=O) groups excluding carboxylic acids is 1. The first-order valence-electron chi connectivity index (χ1n) is 7.14. The van der Waals surface area contributed by atoms with E-state index in [1.165, 1.54) is 0 Å². The van der Waals surface area contributed by atoms with Gasteiger partial charge in [-0.1, -0.05) is 43.0 Å². The van der Waals surface area contributed by atoms with Crippen molar-refractivity contribution in [3.05, 3.63) is 61.2 Å². The monoisotopic (exact) mass is 295 g/mol. The number of nitrogens with zero attached hydrogens (tertiary/aromatic N) is 1. The summed E-state index contributed by atoms with van der Waals surface area (Å²) in [5.74, 6) is -0.527. The van der Waals surface area contributed by atoms with Crippen LogP contribution in [0.15, 0.2) is 61.2 Å². The molecule has 1 aromatic heterocycles. The van der Waals surface area contributed by atoms with Crippen molar-refractivity contribution < 1.29 is 14.6 Å². The summed E-state index contributed by atoms with van der Waals surface area (Å²) >= 11 is 0. The number of aromatic nitrogens is 1. The summed E-state index contributed by atoms with van der Waals surface area (Å²) in [6.07, 6.45) is 0.316. The molecule has 0 amide bonds. The minimum atomic E-state index is -0.775. The molecule has 0 bridgehead atoms. The van der Waals surface area contributed by atoms with Crippen LogP contribution in [0.4, 0.5) is 0 Å². The van der Waals surface area contributed by atoms with Crippen LogP contribution in [-0.4, -0.2) is 28.4 Å². The Morgan fingerprint density at radius 1 is 1.14 bits per heavy atom. The van der Waals surface area contributed by atoms with Gasteiger partial charge in [-0.25, -0.2) is 4.79 Å². The lowest BCUT2D eigenvalue weighted by molar-refractivity contribution is -0.140. The number of fused-ring (bicyclic) bond motifs is 3. The van der Waals surface area contributed by atoms with Crippen LogP contribution in [0.5, 0.6) is 0 Å². The highest BCUT2D eigenvalue weighted by molar-refractivity contribution is 6.07. The van der Waals surface area contributed by atoms with Crippen LogP contribution in [0.1, 0.15) is 0 Å². The van der Waals surface area contributed by atoms with E-state index >= 15 is 0 Å². The third kappa shape index (κ3) is 2.61. The Hall–Kier alpha value is -2.59. The molecular weight excluding hydrogens is 278 g/mol. The van der Waals surface area contributed by atoms with Gasteiger partial charge in [0.05, 0.1) is 6.54 Å². The molecule has 4 heteroatoms. The SMILES string of the molecule is C=CC(=O)OC[C@H](O)Cn1c2ccccc2c2ccccc21. The molecule has 3 rings (SSSR count). The highest BCUT2D eigenvalue weighted by Gasteiger charge is 2.14. The number of esters is 1. The fraction of sp³-hybridized carbons (Fsp3) is 0.167. The molecule has 2 aromatic carbocycles. The van der Waals surface area contributed by atoms with Gasteiger partial charge in [0.15, 0.2) is 0 Å². The van der Waals surface area contributed by atoms with Crippen molar-refractivity contribution in [3.8, 4) is 0 Å². The number of aliphatic hydroxyl groups excluding tert-OH is 1. The van der Waals surface area contributed by atoms with Crippen LogP contribution in [0.3, 0.4) is 0 Å². The van der Waals surface area contributed by atoms with Gasteiger partial charge in [-0.3, -0.25) is 0 Å². The van der Waals surface area contributed by atoms with Gasteiger partial charge < -0.3 is 14.4 Å². The summed E-state index contributed by atoms with van der Waals surface area (Å²) in [4.78, 5) is 11.1. The molecular formula is C18H17NO3. The van der Waals surface area contributed by atoms with Gasteiger partial charge in [0.2, 0.25) is 0 Å². The van der Waals surface area contributed by atoms with E-state index in [0.717, 1.165) is 27.9 Å². The normalized spacial score (nSPS) is 12.4. The number of benzene rings is 2. The summed E-state index contributed by atoms with van der Waals surface area (Å²) in [5, 5.41) is 12.4. The van der Waals surface area contributed by atoms with E-state index in [1.807, 2.05) is 36.4 Å². The zero-order valence-corrected chi connectivity index (χ0v) is 12.1. The van der Waals surface area contributed by atoms with Gasteiger partial charge in [-0.15, -0.1) is 0 Å². The number of ether oxygens (including phenoxy) is 1. The molecule has 0 aliphatic carbocycles. The molecule has 0 spiro atoms. The molecule has 4 nitrogen and oxygen atoms in total. The first-order chi connectivity index (χ1) is 10.7. The molecule has 1 N–H and O–H groups in total. The van der Waals surface area contributed by atoms with E-state index in [0.29, 0.717) is 6.54 Å². The smallest absolute Gasteiger partial charge is 0.330 e. The molecule has 0 saturated carbocycles. The second-order valence-electron chi connectivity index (χ2n) is 5.13. The number of hydrogen-bond donors (Lipinski definition) is 1. The molecule has 112 valence electrons. The van der Waals surface area contributed by atoms with Gasteiger partial charge in [0.25, 0.3) is 0 Å². The zero-order valence-electron chi connectivity index (χ0n) is 12.1. The van der Waals surface area contributed by atoms with Crippen LogP contribution in [-0.2, 0) is 16.1 Å². The summed E-state index contributed by atoms with van der Waals surface area (Å²) < 4.78 is 6.96. The van der Waals surface area contributed by atoms with Crippen molar-refractivity contribution in [2.75, 3.05) is 6.61 Å². The van der Waals surface area contributed by atoms with Crippen molar-refractivity contribution in [3.63, 3.8) is 0 Å². The minimum Gasteiger partial charge on any atom is -0.460 e. The maximum Gasteiger partial charge on any atom is 0.330 e. The van der Waals surface area contributed by atoms with Gasteiger partial charge >= 0.3 is 5.97 Å². The summed E-state index contributed by atoms with van der Waals surface area (Å²) in [6.45, 7) is 3.64. The second-order valence-corrected chi connectivity index (χ2v) is 5.13. The second kappa shape index (κ2) is 6.03.